The maximum atomic E-state index is 6.27. The first-order chi connectivity index (χ1) is 7.72. The number of thiazole rings is 1. The van der Waals surface area contributed by atoms with Gasteiger partial charge in [-0.25, -0.2) is 4.98 Å². The number of likely N-dealkylation sites (tertiary alicyclic amines) is 1. The van der Waals surface area contributed by atoms with Crippen LogP contribution >= 0.6 is 11.3 Å². The van der Waals surface area contributed by atoms with Crippen LogP contribution in [0.1, 0.15) is 42.9 Å². The standard InChI is InChI=1S/C12H21N3S/c1-3-6-15-7-4-5-10(13)11(15)12-14-9(2)8-16-12/h8,10-11H,3-7,13H2,1-2H3. The molecule has 1 aromatic heterocycles. The summed E-state index contributed by atoms with van der Waals surface area (Å²) in [5.74, 6) is 0. The Kier molecular flexibility index (Phi) is 3.95. The van der Waals surface area contributed by atoms with Crippen molar-refractivity contribution in [3.8, 4) is 0 Å². The summed E-state index contributed by atoms with van der Waals surface area (Å²) in [6.45, 7) is 6.59. The topological polar surface area (TPSA) is 42.1 Å². The fraction of sp³-hybridized carbons (Fsp3) is 0.750. The average Bonchev–Trinajstić information content (AvgIpc) is 2.65. The lowest BCUT2D eigenvalue weighted by atomic mass is 9.97. The predicted octanol–water partition coefficient (Wildman–Crippen LogP) is 2.33. The van der Waals surface area contributed by atoms with Crippen molar-refractivity contribution < 1.29 is 0 Å². The van der Waals surface area contributed by atoms with E-state index in [2.05, 4.69) is 29.1 Å². The van der Waals surface area contributed by atoms with E-state index in [9.17, 15) is 0 Å². The summed E-state index contributed by atoms with van der Waals surface area (Å²) in [6.07, 6.45) is 3.54. The molecule has 2 heterocycles. The van der Waals surface area contributed by atoms with E-state index in [1.165, 1.54) is 24.4 Å². The molecule has 0 bridgehead atoms. The van der Waals surface area contributed by atoms with E-state index >= 15 is 0 Å². The van der Waals surface area contributed by atoms with Gasteiger partial charge in [0.05, 0.1) is 6.04 Å². The molecule has 2 rings (SSSR count). The number of aromatic nitrogens is 1. The molecular formula is C12H21N3S. The molecule has 2 atom stereocenters. The van der Waals surface area contributed by atoms with Gasteiger partial charge >= 0.3 is 0 Å². The van der Waals surface area contributed by atoms with Gasteiger partial charge < -0.3 is 5.73 Å². The molecule has 1 saturated heterocycles. The van der Waals surface area contributed by atoms with Crippen LogP contribution in [-0.4, -0.2) is 29.0 Å². The van der Waals surface area contributed by atoms with E-state index in [4.69, 9.17) is 5.73 Å². The molecule has 0 radical (unpaired) electrons. The van der Waals surface area contributed by atoms with Crippen molar-refractivity contribution >= 4 is 11.3 Å². The van der Waals surface area contributed by atoms with E-state index in [1.54, 1.807) is 11.3 Å². The molecule has 0 aromatic carbocycles. The molecule has 0 aliphatic carbocycles. The summed E-state index contributed by atoms with van der Waals surface area (Å²) in [4.78, 5) is 7.12. The highest BCUT2D eigenvalue weighted by atomic mass is 32.1. The first-order valence-corrected chi connectivity index (χ1v) is 7.02. The zero-order valence-electron chi connectivity index (χ0n) is 10.1. The zero-order chi connectivity index (χ0) is 11.5. The van der Waals surface area contributed by atoms with Crippen molar-refractivity contribution in [2.75, 3.05) is 13.1 Å². The molecule has 0 saturated carbocycles. The van der Waals surface area contributed by atoms with Gasteiger partial charge in [-0.1, -0.05) is 6.92 Å². The van der Waals surface area contributed by atoms with Gasteiger partial charge in [-0.2, -0.15) is 0 Å². The monoisotopic (exact) mass is 239 g/mol. The Morgan fingerprint density at radius 1 is 1.62 bits per heavy atom. The summed E-state index contributed by atoms with van der Waals surface area (Å²) >= 11 is 1.76. The molecule has 90 valence electrons. The Bertz CT molecular complexity index is 335. The molecule has 2 unspecified atom stereocenters. The summed E-state index contributed by atoms with van der Waals surface area (Å²) in [7, 11) is 0. The number of piperidine rings is 1. The zero-order valence-corrected chi connectivity index (χ0v) is 11.0. The normalized spacial score (nSPS) is 27.2. The molecule has 16 heavy (non-hydrogen) atoms. The molecule has 1 aromatic rings. The number of hydrogen-bond acceptors (Lipinski definition) is 4. The number of nitrogens with zero attached hydrogens (tertiary/aromatic N) is 2. The second kappa shape index (κ2) is 5.25. The van der Waals surface area contributed by atoms with Gasteiger partial charge in [-0.05, 0) is 39.3 Å². The van der Waals surface area contributed by atoms with Crippen molar-refractivity contribution in [2.45, 2.75) is 45.2 Å². The molecule has 2 N–H and O–H groups in total. The van der Waals surface area contributed by atoms with Crippen LogP contribution in [0.5, 0.6) is 0 Å². The lowest BCUT2D eigenvalue weighted by molar-refractivity contribution is 0.128. The van der Waals surface area contributed by atoms with Gasteiger partial charge in [-0.3, -0.25) is 4.90 Å². The minimum atomic E-state index is 0.255. The van der Waals surface area contributed by atoms with Gasteiger partial charge in [-0.15, -0.1) is 11.3 Å². The lowest BCUT2D eigenvalue weighted by Gasteiger charge is -2.38. The molecule has 1 aliphatic rings. The Hall–Kier alpha value is -0.450. The van der Waals surface area contributed by atoms with E-state index in [0.717, 1.165) is 18.7 Å². The molecule has 1 aliphatic heterocycles. The molecule has 0 spiro atoms. The van der Waals surface area contributed by atoms with Crippen LogP contribution in [-0.2, 0) is 0 Å². The molecular weight excluding hydrogens is 218 g/mol. The lowest BCUT2D eigenvalue weighted by Crippen LogP contribution is -2.46. The highest BCUT2D eigenvalue weighted by Crippen LogP contribution is 2.31. The van der Waals surface area contributed by atoms with Crippen LogP contribution in [0.25, 0.3) is 0 Å². The first kappa shape index (κ1) is 12.0. The minimum absolute atomic E-state index is 0.255. The molecule has 4 heteroatoms. The van der Waals surface area contributed by atoms with Gasteiger partial charge in [0.1, 0.15) is 5.01 Å². The molecule has 1 fully saturated rings. The van der Waals surface area contributed by atoms with E-state index in [1.807, 2.05) is 0 Å². The van der Waals surface area contributed by atoms with Gasteiger partial charge in [0.15, 0.2) is 0 Å². The number of aryl methyl sites for hydroxylation is 1. The van der Waals surface area contributed by atoms with Crippen LogP contribution in [0.2, 0.25) is 0 Å². The van der Waals surface area contributed by atoms with Crippen LogP contribution in [0, 0.1) is 6.92 Å². The summed E-state index contributed by atoms with van der Waals surface area (Å²) in [5, 5.41) is 3.33. The van der Waals surface area contributed by atoms with Crippen LogP contribution in [0.3, 0.4) is 0 Å². The Morgan fingerprint density at radius 2 is 2.44 bits per heavy atom. The second-order valence-electron chi connectivity index (χ2n) is 4.61. The Balaban J connectivity index is 2.18. The van der Waals surface area contributed by atoms with Crippen molar-refractivity contribution in [1.82, 2.24) is 9.88 Å². The van der Waals surface area contributed by atoms with E-state index in [-0.39, 0.29) is 6.04 Å². The first-order valence-electron chi connectivity index (χ1n) is 6.14. The fourth-order valence-corrected chi connectivity index (χ4v) is 3.49. The minimum Gasteiger partial charge on any atom is -0.326 e. The van der Waals surface area contributed by atoms with Crippen LogP contribution in [0.4, 0.5) is 0 Å². The maximum Gasteiger partial charge on any atom is 0.112 e. The third kappa shape index (κ3) is 2.44. The summed E-state index contributed by atoms with van der Waals surface area (Å²) in [5.41, 5.74) is 7.39. The maximum absolute atomic E-state index is 6.27. The van der Waals surface area contributed by atoms with E-state index < -0.39 is 0 Å². The number of rotatable bonds is 3. The van der Waals surface area contributed by atoms with Crippen LogP contribution < -0.4 is 5.73 Å². The van der Waals surface area contributed by atoms with E-state index in [0.29, 0.717) is 6.04 Å². The van der Waals surface area contributed by atoms with Crippen molar-refractivity contribution in [3.63, 3.8) is 0 Å². The highest BCUT2D eigenvalue weighted by Gasteiger charge is 2.31. The number of nitrogens with two attached hydrogens (primary N) is 1. The Labute approximate surface area is 102 Å². The number of hydrogen-bond donors (Lipinski definition) is 1. The summed E-state index contributed by atoms with van der Waals surface area (Å²) in [6, 6.07) is 0.609. The van der Waals surface area contributed by atoms with Crippen molar-refractivity contribution in [3.05, 3.63) is 16.1 Å². The molecule has 0 amide bonds. The SMILES string of the molecule is CCCN1CCCC(N)C1c1nc(C)cs1. The Morgan fingerprint density at radius 3 is 3.06 bits per heavy atom. The third-order valence-electron chi connectivity index (χ3n) is 3.18. The average molecular weight is 239 g/mol. The van der Waals surface area contributed by atoms with Gasteiger partial charge in [0, 0.05) is 17.1 Å². The largest absolute Gasteiger partial charge is 0.326 e. The quantitative estimate of drug-likeness (QED) is 0.880. The molecule has 3 nitrogen and oxygen atoms in total. The van der Waals surface area contributed by atoms with Crippen LogP contribution in [0.15, 0.2) is 5.38 Å². The summed E-state index contributed by atoms with van der Waals surface area (Å²) < 4.78 is 0. The second-order valence-corrected chi connectivity index (χ2v) is 5.50. The van der Waals surface area contributed by atoms with Gasteiger partial charge in [0.2, 0.25) is 0 Å². The highest BCUT2D eigenvalue weighted by molar-refractivity contribution is 7.09. The van der Waals surface area contributed by atoms with Crippen molar-refractivity contribution in [2.24, 2.45) is 5.73 Å². The smallest absolute Gasteiger partial charge is 0.112 e. The predicted molar refractivity (Wildman–Crippen MR) is 68.7 cm³/mol. The van der Waals surface area contributed by atoms with Gasteiger partial charge in [0.25, 0.3) is 0 Å². The fourth-order valence-electron chi connectivity index (χ4n) is 2.48. The third-order valence-corrected chi connectivity index (χ3v) is 4.22. The van der Waals surface area contributed by atoms with Crippen molar-refractivity contribution in [1.29, 1.82) is 0 Å².